The Morgan fingerprint density at radius 2 is 2.07 bits per heavy atom. The summed E-state index contributed by atoms with van der Waals surface area (Å²) in [5.41, 5.74) is 1.17. The fraction of sp³-hybridized carbons (Fsp3) is 0.316. The lowest BCUT2D eigenvalue weighted by molar-refractivity contribution is 0.102. The Morgan fingerprint density at radius 3 is 2.75 bits per heavy atom. The molecular formula is C19H21ClN2O5S. The van der Waals surface area contributed by atoms with Gasteiger partial charge in [0.15, 0.2) is 0 Å². The van der Waals surface area contributed by atoms with Crippen molar-refractivity contribution in [3.05, 3.63) is 52.5 Å². The van der Waals surface area contributed by atoms with Gasteiger partial charge in [-0.25, -0.2) is 13.1 Å². The number of nitrogens with one attached hydrogen (secondary N) is 2. The van der Waals surface area contributed by atoms with Gasteiger partial charge in [-0.2, -0.15) is 0 Å². The van der Waals surface area contributed by atoms with E-state index < -0.39 is 15.9 Å². The van der Waals surface area contributed by atoms with Crippen LogP contribution in [0.15, 0.2) is 41.3 Å². The molecule has 2 aromatic carbocycles. The molecule has 3 N–H and O–H groups in total. The molecule has 0 bridgehead atoms. The number of aromatic hydroxyl groups is 1. The molecule has 2 aromatic rings. The Morgan fingerprint density at radius 1 is 1.29 bits per heavy atom. The van der Waals surface area contributed by atoms with Crippen LogP contribution in [0.4, 0.5) is 5.69 Å². The molecule has 1 atom stereocenters. The van der Waals surface area contributed by atoms with Gasteiger partial charge in [0.25, 0.3) is 5.91 Å². The van der Waals surface area contributed by atoms with Crippen molar-refractivity contribution in [1.29, 1.82) is 0 Å². The molecule has 150 valence electrons. The summed E-state index contributed by atoms with van der Waals surface area (Å²) in [6.07, 6.45) is 1.53. The minimum atomic E-state index is -3.91. The molecule has 28 heavy (non-hydrogen) atoms. The van der Waals surface area contributed by atoms with E-state index in [9.17, 15) is 18.3 Å². The van der Waals surface area contributed by atoms with Crippen LogP contribution < -0.4 is 10.0 Å². The minimum absolute atomic E-state index is 0.00886. The van der Waals surface area contributed by atoms with Gasteiger partial charge in [-0.3, -0.25) is 4.79 Å². The molecule has 0 radical (unpaired) electrons. The molecular weight excluding hydrogens is 404 g/mol. The Bertz CT molecular complexity index is 988. The number of phenolic OH excluding ortho intramolecular Hbond substituents is 1. The van der Waals surface area contributed by atoms with Crippen LogP contribution in [0.25, 0.3) is 0 Å². The second kappa shape index (κ2) is 8.48. The number of sulfonamides is 1. The first-order valence-electron chi connectivity index (χ1n) is 8.78. The third-order valence-corrected chi connectivity index (χ3v) is 6.31. The van der Waals surface area contributed by atoms with E-state index in [1.807, 2.05) is 6.92 Å². The number of aryl methyl sites for hydroxylation is 1. The monoisotopic (exact) mass is 424 g/mol. The first-order valence-corrected chi connectivity index (χ1v) is 10.6. The fourth-order valence-electron chi connectivity index (χ4n) is 2.88. The van der Waals surface area contributed by atoms with E-state index in [0.29, 0.717) is 6.61 Å². The third-order valence-electron chi connectivity index (χ3n) is 4.41. The van der Waals surface area contributed by atoms with Crippen molar-refractivity contribution in [3.63, 3.8) is 0 Å². The summed E-state index contributed by atoms with van der Waals surface area (Å²) in [6.45, 7) is 2.58. The van der Waals surface area contributed by atoms with Crippen molar-refractivity contribution in [3.8, 4) is 5.75 Å². The van der Waals surface area contributed by atoms with E-state index in [1.54, 1.807) is 12.1 Å². The molecule has 1 aliphatic rings. The van der Waals surface area contributed by atoms with Crippen LogP contribution in [0.1, 0.15) is 28.8 Å². The average molecular weight is 425 g/mol. The molecule has 0 unspecified atom stereocenters. The van der Waals surface area contributed by atoms with Gasteiger partial charge < -0.3 is 15.2 Å². The molecule has 3 rings (SSSR count). The van der Waals surface area contributed by atoms with Gasteiger partial charge in [-0.05, 0) is 55.7 Å². The molecule has 1 fully saturated rings. The highest BCUT2D eigenvalue weighted by Gasteiger charge is 2.23. The average Bonchev–Trinajstić information content (AvgIpc) is 3.16. The summed E-state index contributed by atoms with van der Waals surface area (Å²) in [6, 6.07) is 8.80. The zero-order valence-corrected chi connectivity index (χ0v) is 16.8. The van der Waals surface area contributed by atoms with E-state index in [4.69, 9.17) is 16.3 Å². The standard InChI is InChI=1S/C19H21ClN2O5S/c1-12-4-7-16(17(23)9-12)22-19(24)13-5-6-15(20)18(10-13)28(25,26)21-11-14-3-2-8-27-14/h4-7,9-10,14,21,23H,2-3,8,11H2,1H3,(H,22,24)/t14-/m1/s1. The smallest absolute Gasteiger partial charge is 0.255 e. The topological polar surface area (TPSA) is 105 Å². The van der Waals surface area contributed by atoms with Crippen molar-refractivity contribution < 1.29 is 23.1 Å². The predicted octanol–water partition coefficient (Wildman–Crippen LogP) is 3.06. The Hall–Kier alpha value is -2.13. The largest absolute Gasteiger partial charge is 0.506 e. The number of amides is 1. The van der Waals surface area contributed by atoms with Gasteiger partial charge in [-0.1, -0.05) is 17.7 Å². The number of carbonyl (C=O) groups excluding carboxylic acids is 1. The number of hydrogen-bond acceptors (Lipinski definition) is 5. The molecule has 1 amide bonds. The maximum atomic E-state index is 12.6. The van der Waals surface area contributed by atoms with E-state index in [-0.39, 0.29) is 39.6 Å². The molecule has 0 saturated carbocycles. The second-order valence-corrected chi connectivity index (χ2v) is 8.75. The lowest BCUT2D eigenvalue weighted by atomic mass is 10.2. The SMILES string of the molecule is Cc1ccc(NC(=O)c2ccc(Cl)c(S(=O)(=O)NC[C@H]3CCCO3)c2)c(O)c1. The first kappa shape index (κ1) is 20.6. The Kier molecular flexibility index (Phi) is 6.24. The van der Waals surface area contributed by atoms with Crippen LogP contribution >= 0.6 is 11.6 Å². The van der Waals surface area contributed by atoms with Crippen molar-refractivity contribution in [2.24, 2.45) is 0 Å². The van der Waals surface area contributed by atoms with E-state index in [0.717, 1.165) is 18.4 Å². The van der Waals surface area contributed by atoms with Crippen LogP contribution in [0.3, 0.4) is 0 Å². The van der Waals surface area contributed by atoms with Gasteiger partial charge in [0.05, 0.1) is 16.8 Å². The molecule has 9 heteroatoms. The summed E-state index contributed by atoms with van der Waals surface area (Å²) in [7, 11) is -3.91. The number of phenols is 1. The van der Waals surface area contributed by atoms with Crippen molar-refractivity contribution in [2.75, 3.05) is 18.5 Å². The van der Waals surface area contributed by atoms with E-state index in [1.165, 1.54) is 24.3 Å². The second-order valence-electron chi connectivity index (χ2n) is 6.61. The minimum Gasteiger partial charge on any atom is -0.506 e. The van der Waals surface area contributed by atoms with Gasteiger partial charge in [0, 0.05) is 18.7 Å². The highest BCUT2D eigenvalue weighted by molar-refractivity contribution is 7.89. The van der Waals surface area contributed by atoms with Crippen LogP contribution in [0, 0.1) is 6.92 Å². The lowest BCUT2D eigenvalue weighted by Crippen LogP contribution is -2.32. The van der Waals surface area contributed by atoms with Gasteiger partial charge in [0.2, 0.25) is 10.0 Å². The number of benzene rings is 2. The predicted molar refractivity (Wildman–Crippen MR) is 106 cm³/mol. The maximum absolute atomic E-state index is 12.6. The zero-order chi connectivity index (χ0) is 20.3. The molecule has 0 aromatic heterocycles. The number of rotatable bonds is 6. The van der Waals surface area contributed by atoms with Crippen LogP contribution in [-0.4, -0.2) is 38.7 Å². The Labute approximate surface area is 168 Å². The highest BCUT2D eigenvalue weighted by atomic mass is 35.5. The summed E-state index contributed by atoms with van der Waals surface area (Å²) in [4.78, 5) is 12.3. The van der Waals surface area contributed by atoms with E-state index >= 15 is 0 Å². The van der Waals surface area contributed by atoms with Crippen molar-refractivity contribution >= 4 is 33.2 Å². The Balaban J connectivity index is 1.78. The quantitative estimate of drug-likeness (QED) is 0.618. The lowest BCUT2D eigenvalue weighted by Gasteiger charge is -2.13. The highest BCUT2D eigenvalue weighted by Crippen LogP contribution is 2.26. The molecule has 1 aliphatic heterocycles. The first-order chi connectivity index (χ1) is 13.3. The van der Waals surface area contributed by atoms with E-state index in [2.05, 4.69) is 10.0 Å². The molecule has 0 aliphatic carbocycles. The number of halogens is 1. The van der Waals surface area contributed by atoms with Crippen LogP contribution in [-0.2, 0) is 14.8 Å². The number of anilines is 1. The van der Waals surface area contributed by atoms with Crippen LogP contribution in [0.5, 0.6) is 5.75 Å². The number of carbonyl (C=O) groups is 1. The zero-order valence-electron chi connectivity index (χ0n) is 15.2. The number of hydrogen-bond donors (Lipinski definition) is 3. The molecule has 7 nitrogen and oxygen atoms in total. The summed E-state index contributed by atoms with van der Waals surface area (Å²) in [5.74, 6) is -0.639. The number of ether oxygens (including phenoxy) is 1. The van der Waals surface area contributed by atoms with Crippen LogP contribution in [0.2, 0.25) is 5.02 Å². The van der Waals surface area contributed by atoms with Crippen molar-refractivity contribution in [1.82, 2.24) is 4.72 Å². The fourth-order valence-corrected chi connectivity index (χ4v) is 4.47. The summed E-state index contributed by atoms with van der Waals surface area (Å²) < 4.78 is 33.1. The summed E-state index contributed by atoms with van der Waals surface area (Å²) in [5, 5.41) is 12.5. The molecule has 0 spiro atoms. The molecule has 1 saturated heterocycles. The summed E-state index contributed by atoms with van der Waals surface area (Å²) >= 11 is 6.06. The van der Waals surface area contributed by atoms with Gasteiger partial charge in [0.1, 0.15) is 10.6 Å². The van der Waals surface area contributed by atoms with Gasteiger partial charge >= 0.3 is 0 Å². The molecule has 1 heterocycles. The normalized spacial score (nSPS) is 16.9. The van der Waals surface area contributed by atoms with Crippen molar-refractivity contribution in [2.45, 2.75) is 30.8 Å². The third kappa shape index (κ3) is 4.82. The maximum Gasteiger partial charge on any atom is 0.255 e. The van der Waals surface area contributed by atoms with Gasteiger partial charge in [-0.15, -0.1) is 0 Å².